The minimum Gasteiger partial charge on any atom is -0.370 e. The van der Waals surface area contributed by atoms with Crippen molar-refractivity contribution in [3.63, 3.8) is 0 Å². The van der Waals surface area contributed by atoms with E-state index in [4.69, 9.17) is 5.73 Å². The zero-order valence-electron chi connectivity index (χ0n) is 9.78. The molecule has 1 aromatic rings. The van der Waals surface area contributed by atoms with E-state index >= 15 is 0 Å². The normalized spacial score (nSPS) is 17.8. The van der Waals surface area contributed by atoms with Gasteiger partial charge in [-0.3, -0.25) is 0 Å². The summed E-state index contributed by atoms with van der Waals surface area (Å²) in [6.07, 6.45) is 3.82. The summed E-state index contributed by atoms with van der Waals surface area (Å²) in [6.45, 7) is 4.99. The van der Waals surface area contributed by atoms with Crippen molar-refractivity contribution in [1.82, 2.24) is 4.90 Å². The lowest BCUT2D eigenvalue weighted by Gasteiger charge is -2.27. The fourth-order valence-electron chi connectivity index (χ4n) is 1.94. The number of hydrogen-bond donors (Lipinski definition) is 1. The standard InChI is InChI=1S/C12H19N3S/c1-10-5-8-16-11(10)9-14-12(13)15-6-3-2-4-7-15/h5,8H,2-4,6-7,9H2,1H3,(H2,13,14). The van der Waals surface area contributed by atoms with E-state index in [1.807, 2.05) is 0 Å². The fraction of sp³-hybridized carbons (Fsp3) is 0.583. The molecule has 2 N–H and O–H groups in total. The summed E-state index contributed by atoms with van der Waals surface area (Å²) in [5.41, 5.74) is 7.32. The van der Waals surface area contributed by atoms with Crippen LogP contribution in [0.2, 0.25) is 0 Å². The van der Waals surface area contributed by atoms with Gasteiger partial charge in [-0.25, -0.2) is 4.99 Å². The molecule has 3 nitrogen and oxygen atoms in total. The zero-order chi connectivity index (χ0) is 11.4. The quantitative estimate of drug-likeness (QED) is 0.633. The molecule has 0 aromatic carbocycles. The maximum atomic E-state index is 6.00. The van der Waals surface area contributed by atoms with Crippen molar-refractivity contribution < 1.29 is 0 Å². The summed E-state index contributed by atoms with van der Waals surface area (Å²) in [5.74, 6) is 0.715. The Balaban J connectivity index is 1.93. The number of nitrogens with zero attached hydrogens (tertiary/aromatic N) is 2. The van der Waals surface area contributed by atoms with E-state index < -0.39 is 0 Å². The van der Waals surface area contributed by atoms with Gasteiger partial charge in [0.25, 0.3) is 0 Å². The van der Waals surface area contributed by atoms with Crippen molar-refractivity contribution in [3.8, 4) is 0 Å². The largest absolute Gasteiger partial charge is 0.370 e. The number of piperidine rings is 1. The van der Waals surface area contributed by atoms with Gasteiger partial charge in [-0.1, -0.05) is 0 Å². The molecule has 0 aliphatic carbocycles. The first-order valence-electron chi connectivity index (χ1n) is 5.85. The van der Waals surface area contributed by atoms with Crippen molar-refractivity contribution >= 4 is 17.3 Å². The monoisotopic (exact) mass is 237 g/mol. The second-order valence-corrected chi connectivity index (χ2v) is 5.25. The first-order chi connectivity index (χ1) is 7.77. The molecule has 2 rings (SSSR count). The van der Waals surface area contributed by atoms with Crippen molar-refractivity contribution in [2.45, 2.75) is 32.7 Å². The van der Waals surface area contributed by atoms with Crippen LogP contribution in [0.5, 0.6) is 0 Å². The minimum absolute atomic E-state index is 0.715. The topological polar surface area (TPSA) is 41.6 Å². The van der Waals surface area contributed by atoms with Crippen LogP contribution >= 0.6 is 11.3 Å². The van der Waals surface area contributed by atoms with Gasteiger partial charge in [0.2, 0.25) is 0 Å². The summed E-state index contributed by atoms with van der Waals surface area (Å²) in [4.78, 5) is 8.00. The Morgan fingerprint density at radius 1 is 1.44 bits per heavy atom. The second kappa shape index (κ2) is 5.34. The third-order valence-corrected chi connectivity index (χ3v) is 4.04. The predicted octanol–water partition coefficient (Wildman–Crippen LogP) is 2.36. The summed E-state index contributed by atoms with van der Waals surface area (Å²) in [5, 5.41) is 2.11. The van der Waals surface area contributed by atoms with Gasteiger partial charge in [-0.2, -0.15) is 0 Å². The van der Waals surface area contributed by atoms with Crippen LogP contribution in [0.15, 0.2) is 16.4 Å². The molecular weight excluding hydrogens is 218 g/mol. The van der Waals surface area contributed by atoms with Crippen molar-refractivity contribution in [2.75, 3.05) is 13.1 Å². The van der Waals surface area contributed by atoms with Gasteiger partial charge in [0.1, 0.15) is 0 Å². The summed E-state index contributed by atoms with van der Waals surface area (Å²) < 4.78 is 0. The van der Waals surface area contributed by atoms with Crippen LogP contribution < -0.4 is 5.73 Å². The first kappa shape index (κ1) is 11.5. The summed E-state index contributed by atoms with van der Waals surface area (Å²) >= 11 is 1.76. The summed E-state index contributed by atoms with van der Waals surface area (Å²) in [7, 11) is 0. The highest BCUT2D eigenvalue weighted by atomic mass is 32.1. The van der Waals surface area contributed by atoms with E-state index in [2.05, 4.69) is 28.3 Å². The minimum atomic E-state index is 0.715. The van der Waals surface area contributed by atoms with E-state index in [1.54, 1.807) is 11.3 Å². The third-order valence-electron chi connectivity index (χ3n) is 3.03. The van der Waals surface area contributed by atoms with Crippen LogP contribution in [0, 0.1) is 6.92 Å². The molecule has 1 aliphatic rings. The summed E-state index contributed by atoms with van der Waals surface area (Å²) in [6, 6.07) is 2.13. The van der Waals surface area contributed by atoms with Gasteiger partial charge >= 0.3 is 0 Å². The Kier molecular flexibility index (Phi) is 3.83. The van der Waals surface area contributed by atoms with E-state index in [1.165, 1.54) is 29.7 Å². The van der Waals surface area contributed by atoms with Crippen LogP contribution in [0.1, 0.15) is 29.7 Å². The average molecular weight is 237 g/mol. The van der Waals surface area contributed by atoms with Gasteiger partial charge in [0.15, 0.2) is 5.96 Å². The maximum absolute atomic E-state index is 6.00. The van der Waals surface area contributed by atoms with E-state index in [-0.39, 0.29) is 0 Å². The van der Waals surface area contributed by atoms with Gasteiger partial charge in [0, 0.05) is 18.0 Å². The molecule has 0 atom stereocenters. The molecule has 0 amide bonds. The Morgan fingerprint density at radius 3 is 2.81 bits per heavy atom. The van der Waals surface area contributed by atoms with Crippen LogP contribution in [-0.2, 0) is 6.54 Å². The molecule has 4 heteroatoms. The van der Waals surface area contributed by atoms with Crippen LogP contribution in [0.4, 0.5) is 0 Å². The van der Waals surface area contributed by atoms with Crippen molar-refractivity contribution in [1.29, 1.82) is 0 Å². The SMILES string of the molecule is Cc1ccsc1CN=C(N)N1CCCCC1. The first-order valence-corrected chi connectivity index (χ1v) is 6.73. The lowest BCUT2D eigenvalue weighted by atomic mass is 10.1. The number of hydrogen-bond acceptors (Lipinski definition) is 2. The molecule has 16 heavy (non-hydrogen) atoms. The number of guanidine groups is 1. The molecule has 1 aliphatic heterocycles. The van der Waals surface area contributed by atoms with Crippen LogP contribution in [0.3, 0.4) is 0 Å². The molecule has 1 saturated heterocycles. The molecule has 1 fully saturated rings. The highest BCUT2D eigenvalue weighted by molar-refractivity contribution is 7.10. The average Bonchev–Trinajstić information content (AvgIpc) is 2.73. The van der Waals surface area contributed by atoms with Gasteiger partial charge in [-0.05, 0) is 43.2 Å². The van der Waals surface area contributed by atoms with E-state index in [0.29, 0.717) is 5.96 Å². The predicted molar refractivity (Wildman–Crippen MR) is 69.8 cm³/mol. The molecule has 2 heterocycles. The highest BCUT2D eigenvalue weighted by Crippen LogP contribution is 2.16. The fourth-order valence-corrected chi connectivity index (χ4v) is 2.77. The number of aliphatic imine (C=N–C) groups is 1. The number of aryl methyl sites for hydroxylation is 1. The number of nitrogens with two attached hydrogens (primary N) is 1. The zero-order valence-corrected chi connectivity index (χ0v) is 10.6. The van der Waals surface area contributed by atoms with Gasteiger partial charge in [0.05, 0.1) is 6.54 Å². The van der Waals surface area contributed by atoms with E-state index in [9.17, 15) is 0 Å². The lowest BCUT2D eigenvalue weighted by Crippen LogP contribution is -2.40. The lowest BCUT2D eigenvalue weighted by molar-refractivity contribution is 0.338. The van der Waals surface area contributed by atoms with E-state index in [0.717, 1.165) is 19.6 Å². The number of rotatable bonds is 2. The molecule has 0 spiro atoms. The molecule has 1 aromatic heterocycles. The molecule has 0 radical (unpaired) electrons. The Bertz CT molecular complexity index is 364. The van der Waals surface area contributed by atoms with Crippen LogP contribution in [-0.4, -0.2) is 23.9 Å². The molecular formula is C12H19N3S. The smallest absolute Gasteiger partial charge is 0.191 e. The molecule has 0 unspecified atom stereocenters. The van der Waals surface area contributed by atoms with Gasteiger partial charge < -0.3 is 10.6 Å². The Labute approximate surface area is 101 Å². The maximum Gasteiger partial charge on any atom is 0.191 e. The second-order valence-electron chi connectivity index (χ2n) is 4.25. The third kappa shape index (κ3) is 2.76. The Morgan fingerprint density at radius 2 is 2.19 bits per heavy atom. The van der Waals surface area contributed by atoms with Gasteiger partial charge in [-0.15, -0.1) is 11.3 Å². The number of likely N-dealkylation sites (tertiary alicyclic amines) is 1. The number of thiophene rings is 1. The molecule has 0 bridgehead atoms. The Hall–Kier alpha value is -1.03. The molecule has 0 saturated carbocycles. The molecule has 88 valence electrons. The van der Waals surface area contributed by atoms with Crippen molar-refractivity contribution in [2.24, 2.45) is 10.7 Å². The van der Waals surface area contributed by atoms with Crippen LogP contribution in [0.25, 0.3) is 0 Å². The highest BCUT2D eigenvalue weighted by Gasteiger charge is 2.11. The van der Waals surface area contributed by atoms with Crippen molar-refractivity contribution in [3.05, 3.63) is 21.9 Å².